The van der Waals surface area contributed by atoms with E-state index in [1.165, 1.54) is 4.57 Å². The van der Waals surface area contributed by atoms with Gasteiger partial charge in [-0.05, 0) is 44.0 Å². The number of aliphatic carboxylic acids is 1. The zero-order valence-corrected chi connectivity index (χ0v) is 16.5. The van der Waals surface area contributed by atoms with Crippen LogP contribution in [0.1, 0.15) is 18.1 Å². The molecule has 6 nitrogen and oxygen atoms in total. The van der Waals surface area contributed by atoms with Crippen LogP contribution < -0.4 is 5.56 Å². The van der Waals surface area contributed by atoms with Crippen molar-refractivity contribution in [2.24, 2.45) is 0 Å². The van der Waals surface area contributed by atoms with Gasteiger partial charge in [-0.2, -0.15) is 0 Å². The van der Waals surface area contributed by atoms with Crippen LogP contribution in [0.25, 0.3) is 27.6 Å². The second kappa shape index (κ2) is 6.83. The largest absolute Gasteiger partial charge is 0.480 e. The third kappa shape index (κ3) is 2.88. The Kier molecular flexibility index (Phi) is 4.47. The highest BCUT2D eigenvalue weighted by molar-refractivity contribution is 8.00. The third-order valence-electron chi connectivity index (χ3n) is 4.94. The van der Waals surface area contributed by atoms with Gasteiger partial charge in [-0.15, -0.1) is 0 Å². The highest BCUT2D eigenvalue weighted by atomic mass is 32.2. The number of carboxylic acid groups (broad SMARTS) is 1. The maximum atomic E-state index is 13.5. The first-order valence-corrected chi connectivity index (χ1v) is 9.76. The Morgan fingerprint density at radius 2 is 1.93 bits per heavy atom. The molecular formula is C21H19N3O3S. The molecule has 2 N–H and O–H groups in total. The van der Waals surface area contributed by atoms with Gasteiger partial charge < -0.3 is 10.1 Å². The molecule has 2 heterocycles. The number of thioether (sulfide) groups is 1. The van der Waals surface area contributed by atoms with Crippen LogP contribution in [0.3, 0.4) is 0 Å². The fourth-order valence-corrected chi connectivity index (χ4v) is 4.07. The number of fused-ring (bicyclic) bond motifs is 3. The van der Waals surface area contributed by atoms with Gasteiger partial charge >= 0.3 is 5.97 Å². The fraction of sp³-hybridized carbons (Fsp3) is 0.190. The van der Waals surface area contributed by atoms with Crippen molar-refractivity contribution in [3.63, 3.8) is 0 Å². The zero-order valence-electron chi connectivity index (χ0n) is 15.7. The van der Waals surface area contributed by atoms with E-state index >= 15 is 0 Å². The van der Waals surface area contributed by atoms with Crippen LogP contribution in [0.4, 0.5) is 0 Å². The second-order valence-corrected chi connectivity index (χ2v) is 8.05. The first kappa shape index (κ1) is 18.3. The minimum atomic E-state index is -0.953. The summed E-state index contributed by atoms with van der Waals surface area (Å²) in [5.74, 6) is -0.953. The van der Waals surface area contributed by atoms with Gasteiger partial charge in [0.25, 0.3) is 5.56 Å². The highest BCUT2D eigenvalue weighted by Crippen LogP contribution is 2.29. The molecular weight excluding hydrogens is 374 g/mol. The molecule has 0 saturated carbocycles. The fourth-order valence-electron chi connectivity index (χ4n) is 3.22. The first-order chi connectivity index (χ1) is 13.4. The summed E-state index contributed by atoms with van der Waals surface area (Å²) in [6.07, 6.45) is 0. The maximum Gasteiger partial charge on any atom is 0.316 e. The first-order valence-electron chi connectivity index (χ1n) is 8.88. The molecule has 0 unspecified atom stereocenters. The van der Waals surface area contributed by atoms with Gasteiger partial charge in [-0.3, -0.25) is 14.2 Å². The smallest absolute Gasteiger partial charge is 0.316 e. The van der Waals surface area contributed by atoms with Crippen LogP contribution in [0.2, 0.25) is 0 Å². The Hall–Kier alpha value is -3.06. The molecule has 0 spiro atoms. The molecule has 2 aromatic heterocycles. The van der Waals surface area contributed by atoms with Crippen molar-refractivity contribution < 1.29 is 9.90 Å². The minimum Gasteiger partial charge on any atom is -0.480 e. The van der Waals surface area contributed by atoms with Gasteiger partial charge in [-0.25, -0.2) is 4.98 Å². The zero-order chi connectivity index (χ0) is 20.0. The molecule has 0 saturated heterocycles. The molecule has 0 radical (unpaired) electrons. The lowest BCUT2D eigenvalue weighted by Gasteiger charge is -2.16. The highest BCUT2D eigenvalue weighted by Gasteiger charge is 2.22. The number of carbonyl (C=O) groups is 1. The normalized spacial score (nSPS) is 12.5. The quantitative estimate of drug-likeness (QED) is 0.403. The Morgan fingerprint density at radius 3 is 2.68 bits per heavy atom. The number of para-hydroxylation sites is 1. The van der Waals surface area contributed by atoms with Gasteiger partial charge in [0.2, 0.25) is 0 Å². The third-order valence-corrected chi connectivity index (χ3v) is 5.98. The maximum absolute atomic E-state index is 13.5. The van der Waals surface area contributed by atoms with Crippen LogP contribution >= 0.6 is 11.8 Å². The molecule has 4 rings (SSSR count). The topological polar surface area (TPSA) is 88.0 Å². The van der Waals surface area contributed by atoms with Gasteiger partial charge in [0, 0.05) is 10.9 Å². The molecule has 1 atom stereocenters. The summed E-state index contributed by atoms with van der Waals surface area (Å²) in [5.41, 5.74) is 4.25. The molecule has 142 valence electrons. The second-order valence-electron chi connectivity index (χ2n) is 6.75. The average molecular weight is 393 g/mol. The van der Waals surface area contributed by atoms with Crippen LogP contribution in [0.15, 0.2) is 52.4 Å². The van der Waals surface area contributed by atoms with E-state index in [1.54, 1.807) is 6.92 Å². The number of benzene rings is 2. The lowest BCUT2D eigenvalue weighted by atomic mass is 10.1. The molecule has 28 heavy (non-hydrogen) atoms. The molecule has 0 amide bonds. The summed E-state index contributed by atoms with van der Waals surface area (Å²) < 4.78 is 1.52. The van der Waals surface area contributed by atoms with Crippen molar-refractivity contribution in [3.05, 3.63) is 63.9 Å². The number of aromatic amines is 1. The lowest BCUT2D eigenvalue weighted by molar-refractivity contribution is -0.136. The Balaban J connectivity index is 2.10. The predicted molar refractivity (Wildman–Crippen MR) is 112 cm³/mol. The standard InChI is InChI=1S/C21H19N3O3S/c1-11-7-6-10-16(12(11)2)24-19(25)18-17(14-8-4-5-9-15(14)22-18)23-21(24)28-13(3)20(26)27/h4-10,13,22H,1-3H3,(H,26,27)/t13-/m0/s1. The van der Waals surface area contributed by atoms with Gasteiger partial charge in [-0.1, -0.05) is 42.1 Å². The monoisotopic (exact) mass is 393 g/mol. The van der Waals surface area contributed by atoms with E-state index in [-0.39, 0.29) is 5.56 Å². The van der Waals surface area contributed by atoms with E-state index in [2.05, 4.69) is 4.98 Å². The lowest BCUT2D eigenvalue weighted by Crippen LogP contribution is -2.24. The molecule has 0 aliphatic heterocycles. The summed E-state index contributed by atoms with van der Waals surface area (Å²) in [4.78, 5) is 32.8. The Labute approximate surface area is 165 Å². The van der Waals surface area contributed by atoms with Crippen molar-refractivity contribution in [1.82, 2.24) is 14.5 Å². The van der Waals surface area contributed by atoms with Crippen LogP contribution in [-0.2, 0) is 4.79 Å². The summed E-state index contributed by atoms with van der Waals surface area (Å²) >= 11 is 1.07. The molecule has 0 bridgehead atoms. The summed E-state index contributed by atoms with van der Waals surface area (Å²) in [6, 6.07) is 13.3. The molecule has 2 aromatic carbocycles. The minimum absolute atomic E-state index is 0.241. The van der Waals surface area contributed by atoms with Crippen molar-refractivity contribution in [3.8, 4) is 5.69 Å². The number of H-pyrrole nitrogens is 1. The summed E-state index contributed by atoms with van der Waals surface area (Å²) in [7, 11) is 0. The van der Waals surface area contributed by atoms with E-state index < -0.39 is 11.2 Å². The van der Waals surface area contributed by atoms with E-state index in [0.29, 0.717) is 21.9 Å². The SMILES string of the molecule is Cc1cccc(-n2c(S[C@@H](C)C(=O)O)nc3c([nH]c4ccccc43)c2=O)c1C. The molecule has 0 aliphatic carbocycles. The van der Waals surface area contributed by atoms with E-state index in [1.807, 2.05) is 56.3 Å². The van der Waals surface area contributed by atoms with Crippen molar-refractivity contribution in [1.29, 1.82) is 0 Å². The van der Waals surface area contributed by atoms with Crippen molar-refractivity contribution >= 4 is 39.7 Å². The number of aryl methyl sites for hydroxylation is 1. The van der Waals surface area contributed by atoms with Gasteiger partial charge in [0.05, 0.1) is 5.69 Å². The molecule has 0 fully saturated rings. The number of rotatable bonds is 4. The molecule has 7 heteroatoms. The van der Waals surface area contributed by atoms with E-state index in [0.717, 1.165) is 33.8 Å². The number of hydrogen-bond acceptors (Lipinski definition) is 4. The van der Waals surface area contributed by atoms with Crippen molar-refractivity contribution in [2.75, 3.05) is 0 Å². The number of nitrogens with one attached hydrogen (secondary N) is 1. The van der Waals surface area contributed by atoms with Crippen LogP contribution in [-0.4, -0.2) is 30.9 Å². The van der Waals surface area contributed by atoms with Crippen molar-refractivity contribution in [2.45, 2.75) is 31.2 Å². The van der Waals surface area contributed by atoms with Crippen LogP contribution in [0, 0.1) is 13.8 Å². The number of hydrogen-bond donors (Lipinski definition) is 2. The predicted octanol–water partition coefficient (Wildman–Crippen LogP) is 4.05. The summed E-state index contributed by atoms with van der Waals surface area (Å²) in [5, 5.41) is 9.84. The van der Waals surface area contributed by atoms with Crippen LogP contribution in [0.5, 0.6) is 0 Å². The van der Waals surface area contributed by atoms with E-state index in [4.69, 9.17) is 4.98 Å². The molecule has 4 aromatic rings. The Bertz CT molecular complexity index is 1290. The number of nitrogens with zero attached hydrogens (tertiary/aromatic N) is 2. The number of carboxylic acids is 1. The Morgan fingerprint density at radius 1 is 1.18 bits per heavy atom. The molecule has 0 aliphatic rings. The van der Waals surface area contributed by atoms with E-state index in [9.17, 15) is 14.7 Å². The average Bonchev–Trinajstić information content (AvgIpc) is 3.04. The summed E-state index contributed by atoms with van der Waals surface area (Å²) in [6.45, 7) is 5.51. The van der Waals surface area contributed by atoms with Gasteiger partial charge in [0.1, 0.15) is 16.3 Å². The van der Waals surface area contributed by atoms with Gasteiger partial charge in [0.15, 0.2) is 5.16 Å². The number of aromatic nitrogens is 3.